The number of amides is 4. The third-order valence-corrected chi connectivity index (χ3v) is 8.75. The predicted octanol–water partition coefficient (Wildman–Crippen LogP) is 6.29. The average Bonchev–Trinajstić information content (AvgIpc) is 3.69. The number of hydrogen-bond donors (Lipinski definition) is 1. The maximum Gasteiger partial charge on any atom is 0.573 e. The molecule has 5 rings (SSSR count). The number of thioether (sulfide) groups is 1. The number of carbonyl (C=O) groups is 3. The summed E-state index contributed by atoms with van der Waals surface area (Å²) in [5, 5.41) is 7.55. The number of nitrogens with zero attached hydrogens (tertiary/aromatic N) is 6. The molecular formula is C34H34F3N7O4S. The number of anilines is 1. The number of aliphatic imine (C=N–C) groups is 1. The van der Waals surface area contributed by atoms with Gasteiger partial charge in [0.15, 0.2) is 11.0 Å². The molecule has 0 aliphatic carbocycles. The summed E-state index contributed by atoms with van der Waals surface area (Å²) in [4.78, 5) is 49.8. The maximum absolute atomic E-state index is 13.2. The Bertz CT molecular complexity index is 1860. The van der Waals surface area contributed by atoms with Gasteiger partial charge in [0, 0.05) is 19.5 Å². The van der Waals surface area contributed by atoms with E-state index in [-0.39, 0.29) is 28.5 Å². The summed E-state index contributed by atoms with van der Waals surface area (Å²) in [5.41, 5.74) is 4.81. The molecule has 1 unspecified atom stereocenters. The molecule has 4 amide bonds. The van der Waals surface area contributed by atoms with Crippen LogP contribution in [0.4, 0.5) is 23.7 Å². The Kier molecular flexibility index (Phi) is 10.7. The van der Waals surface area contributed by atoms with Crippen LogP contribution in [0.5, 0.6) is 5.75 Å². The highest BCUT2D eigenvalue weighted by Crippen LogP contribution is 2.31. The van der Waals surface area contributed by atoms with Crippen LogP contribution in [0.2, 0.25) is 0 Å². The number of alkyl halides is 3. The number of nitrogens with one attached hydrogen (secondary N) is 1. The second-order valence-electron chi connectivity index (χ2n) is 11.3. The summed E-state index contributed by atoms with van der Waals surface area (Å²) >= 11 is 1.19. The van der Waals surface area contributed by atoms with Gasteiger partial charge in [-0.05, 0) is 73.2 Å². The number of benzene rings is 3. The quantitative estimate of drug-likeness (QED) is 0.194. The monoisotopic (exact) mass is 693 g/mol. The molecule has 3 aromatic carbocycles. The lowest BCUT2D eigenvalue weighted by atomic mass is 10.1. The highest BCUT2D eigenvalue weighted by Gasteiger charge is 2.33. The van der Waals surface area contributed by atoms with Crippen molar-refractivity contribution in [3.05, 3.63) is 89.7 Å². The first-order valence-corrected chi connectivity index (χ1v) is 16.3. The zero-order valence-electron chi connectivity index (χ0n) is 27.2. The number of urea groups is 1. The Morgan fingerprint density at radius 2 is 1.82 bits per heavy atom. The zero-order chi connectivity index (χ0) is 35.3. The molecule has 256 valence electrons. The van der Waals surface area contributed by atoms with E-state index in [1.165, 1.54) is 63.8 Å². The van der Waals surface area contributed by atoms with Crippen molar-refractivity contribution >= 4 is 40.5 Å². The molecule has 0 spiro atoms. The minimum absolute atomic E-state index is 0.159. The molecule has 15 heteroatoms. The van der Waals surface area contributed by atoms with E-state index < -0.39 is 18.6 Å². The molecule has 49 heavy (non-hydrogen) atoms. The van der Waals surface area contributed by atoms with E-state index in [0.717, 1.165) is 16.7 Å². The van der Waals surface area contributed by atoms with Crippen molar-refractivity contribution in [1.29, 1.82) is 0 Å². The van der Waals surface area contributed by atoms with Gasteiger partial charge in [-0.2, -0.15) is 4.99 Å². The van der Waals surface area contributed by atoms with Gasteiger partial charge in [0.2, 0.25) is 11.8 Å². The van der Waals surface area contributed by atoms with Gasteiger partial charge in [-0.25, -0.2) is 14.5 Å². The molecule has 1 aliphatic rings. The molecule has 0 bridgehead atoms. The number of aromatic nitrogens is 3. The standard InChI is InChI=1S/C34H34F3N7O4S/c1-5-24-10-6-21(2)18-28(24)44-30(46)19-49-33(44)40-32(47)39-29(42(4)22(3)45)17-9-23-7-11-25(12-8-23)31-38-20-43(41-31)26-13-15-27(16-14-26)48-34(35,36)37/h6-8,10-16,18,20,29H,5,9,17,19H2,1-4H3,(H,39,47)/b40-33-. The van der Waals surface area contributed by atoms with E-state index in [0.29, 0.717) is 42.0 Å². The summed E-state index contributed by atoms with van der Waals surface area (Å²) in [7, 11) is 1.60. The Hall–Kier alpha value is -5.18. The highest BCUT2D eigenvalue weighted by atomic mass is 32.2. The van der Waals surface area contributed by atoms with E-state index in [1.54, 1.807) is 7.05 Å². The number of aryl methyl sites for hydroxylation is 3. The van der Waals surface area contributed by atoms with Crippen LogP contribution in [0, 0.1) is 6.92 Å². The van der Waals surface area contributed by atoms with Crippen LogP contribution < -0.4 is 15.0 Å². The topological polar surface area (TPSA) is 122 Å². The first-order valence-electron chi connectivity index (χ1n) is 15.4. The average molecular weight is 694 g/mol. The van der Waals surface area contributed by atoms with Crippen molar-refractivity contribution in [2.45, 2.75) is 52.6 Å². The summed E-state index contributed by atoms with van der Waals surface area (Å²) in [5.74, 6) is -0.155. The molecular weight excluding hydrogens is 659 g/mol. The second-order valence-corrected chi connectivity index (χ2v) is 12.2. The zero-order valence-corrected chi connectivity index (χ0v) is 28.0. The van der Waals surface area contributed by atoms with Gasteiger partial charge in [-0.3, -0.25) is 14.5 Å². The van der Waals surface area contributed by atoms with Gasteiger partial charge < -0.3 is 15.0 Å². The maximum atomic E-state index is 13.2. The van der Waals surface area contributed by atoms with Gasteiger partial charge >= 0.3 is 12.4 Å². The van der Waals surface area contributed by atoms with Gasteiger partial charge in [-0.15, -0.1) is 18.3 Å². The van der Waals surface area contributed by atoms with E-state index in [4.69, 9.17) is 0 Å². The summed E-state index contributed by atoms with van der Waals surface area (Å²) < 4.78 is 42.7. The van der Waals surface area contributed by atoms with E-state index in [1.807, 2.05) is 56.3 Å². The lowest BCUT2D eigenvalue weighted by Gasteiger charge is -2.27. The molecule has 11 nitrogen and oxygen atoms in total. The molecule has 4 aromatic rings. The van der Waals surface area contributed by atoms with Crippen LogP contribution >= 0.6 is 11.8 Å². The third-order valence-electron chi connectivity index (χ3n) is 7.82. The number of carbonyl (C=O) groups excluding carboxylic acids is 3. The van der Waals surface area contributed by atoms with Crippen LogP contribution in [0.25, 0.3) is 17.1 Å². The summed E-state index contributed by atoms with van der Waals surface area (Å²) in [6.07, 6.45) is -2.38. The molecule has 1 saturated heterocycles. The molecule has 2 heterocycles. The molecule has 1 atom stereocenters. The van der Waals surface area contributed by atoms with Crippen LogP contribution in [-0.2, 0) is 22.4 Å². The van der Waals surface area contributed by atoms with Crippen molar-refractivity contribution in [1.82, 2.24) is 25.0 Å². The smallest absolute Gasteiger partial charge is 0.406 e. The van der Waals surface area contributed by atoms with Crippen LogP contribution in [-0.4, -0.2) is 68.0 Å². The first-order chi connectivity index (χ1) is 23.3. The number of hydrogen-bond acceptors (Lipinski definition) is 7. The van der Waals surface area contributed by atoms with Crippen LogP contribution in [0.1, 0.15) is 37.0 Å². The minimum Gasteiger partial charge on any atom is -0.406 e. The SMILES string of the molecule is CCc1ccc(C)cc1N1C(=O)CS/C1=N\C(=O)NC(CCc1ccc(-c2ncn(-c3ccc(OC(F)(F)F)cc3)n2)cc1)N(C)C(C)=O. The van der Waals surface area contributed by atoms with Gasteiger partial charge in [-0.1, -0.05) is 55.1 Å². The van der Waals surface area contributed by atoms with Crippen molar-refractivity contribution in [3.8, 4) is 22.8 Å². The lowest BCUT2D eigenvalue weighted by Crippen LogP contribution is -2.48. The largest absolute Gasteiger partial charge is 0.573 e. The van der Waals surface area contributed by atoms with E-state index in [2.05, 4.69) is 25.1 Å². The fourth-order valence-electron chi connectivity index (χ4n) is 5.15. The Balaban J connectivity index is 1.24. The van der Waals surface area contributed by atoms with Gasteiger partial charge in [0.1, 0.15) is 18.2 Å². The fraction of sp³-hybridized carbons (Fsp3) is 0.294. The molecule has 0 radical (unpaired) electrons. The Morgan fingerprint density at radius 3 is 2.47 bits per heavy atom. The number of halogens is 3. The van der Waals surface area contributed by atoms with Crippen molar-refractivity contribution < 1.29 is 32.3 Å². The number of ether oxygens (including phenoxy) is 1. The molecule has 0 saturated carbocycles. The second kappa shape index (κ2) is 14.9. The lowest BCUT2D eigenvalue weighted by molar-refractivity contribution is -0.274. The molecule has 1 aromatic heterocycles. The number of amidine groups is 1. The predicted molar refractivity (Wildman–Crippen MR) is 180 cm³/mol. The first kappa shape index (κ1) is 35.1. The van der Waals surface area contributed by atoms with Crippen LogP contribution in [0.3, 0.4) is 0 Å². The number of rotatable bonds is 10. The van der Waals surface area contributed by atoms with E-state index in [9.17, 15) is 27.6 Å². The Morgan fingerprint density at radius 1 is 1.10 bits per heavy atom. The van der Waals surface area contributed by atoms with Crippen LogP contribution in [0.15, 0.2) is 78.0 Å². The van der Waals surface area contributed by atoms with Crippen molar-refractivity contribution in [2.75, 3.05) is 17.7 Å². The Labute approximate surface area is 285 Å². The van der Waals surface area contributed by atoms with Crippen molar-refractivity contribution in [2.24, 2.45) is 4.99 Å². The molecule has 1 N–H and O–H groups in total. The fourth-order valence-corrected chi connectivity index (χ4v) is 6.01. The normalized spacial score (nSPS) is 14.6. The summed E-state index contributed by atoms with van der Waals surface area (Å²) in [6, 6.07) is 17.9. The minimum atomic E-state index is -4.78. The van der Waals surface area contributed by atoms with Crippen molar-refractivity contribution in [3.63, 3.8) is 0 Å². The molecule has 1 aliphatic heterocycles. The highest BCUT2D eigenvalue weighted by molar-refractivity contribution is 8.15. The van der Waals surface area contributed by atoms with E-state index >= 15 is 0 Å². The molecule has 1 fully saturated rings. The third kappa shape index (κ3) is 8.84. The van der Waals surface area contributed by atoms with Gasteiger partial charge in [0.25, 0.3) is 0 Å². The van der Waals surface area contributed by atoms with Gasteiger partial charge in [0.05, 0.1) is 17.1 Å². The summed E-state index contributed by atoms with van der Waals surface area (Å²) in [6.45, 7) is 5.35.